The van der Waals surface area contributed by atoms with Gasteiger partial charge in [0, 0.05) is 18.2 Å². The third-order valence-electron chi connectivity index (χ3n) is 8.01. The molecule has 5 aromatic carbocycles. The van der Waals surface area contributed by atoms with E-state index in [4.69, 9.17) is 4.74 Å². The van der Waals surface area contributed by atoms with Gasteiger partial charge in [0.15, 0.2) is 6.20 Å². The first kappa shape index (κ1) is 31.3. The second kappa shape index (κ2) is 14.6. The van der Waals surface area contributed by atoms with Crippen LogP contribution in [0.25, 0.3) is 0 Å². The van der Waals surface area contributed by atoms with Gasteiger partial charge in [0.25, 0.3) is 5.75 Å². The highest BCUT2D eigenvalue weighted by atomic mass is 16.6. The van der Waals surface area contributed by atoms with Crippen LogP contribution in [0.4, 0.5) is 11.4 Å². The minimum atomic E-state index is -1.22. The van der Waals surface area contributed by atoms with E-state index in [0.29, 0.717) is 6.54 Å². The molecule has 9 heteroatoms. The number of hydrogen-bond donors (Lipinski definition) is 0. The van der Waals surface area contributed by atoms with E-state index in [9.17, 15) is 20.2 Å². The van der Waals surface area contributed by atoms with E-state index < -0.39 is 27.4 Å². The van der Waals surface area contributed by atoms with Crippen molar-refractivity contribution >= 4 is 39.4 Å². The first-order valence-corrected chi connectivity index (χ1v) is 14.9. The van der Waals surface area contributed by atoms with Gasteiger partial charge < -0.3 is 4.74 Å². The van der Waals surface area contributed by atoms with Gasteiger partial charge in [-0.15, -0.1) is 0 Å². The van der Waals surface area contributed by atoms with Crippen LogP contribution in [0, 0.1) is 20.2 Å². The number of nitrogens with zero attached hydrogens (tertiary/aromatic N) is 3. The summed E-state index contributed by atoms with van der Waals surface area (Å²) >= 11 is 0. The zero-order valence-corrected chi connectivity index (χ0v) is 25.3. The van der Waals surface area contributed by atoms with Gasteiger partial charge in [0.05, 0.1) is 15.9 Å². The standard InChI is InChI=1S/C24H20B.C13H12N3O5/c1-5-13-21(14-6-1)25(22-15-7-2-8-16-22,23-17-9-3-10-18-23)24-19-11-4-12-20-24;1-2-14-9-4-3-8-12(14)21-13-10(15(17)18)6-5-7-11(13)16(19)20/h1-20H;3-9H,2H2,1H3/q-1;+1. The molecule has 1 aromatic heterocycles. The van der Waals surface area contributed by atoms with Gasteiger partial charge in [-0.1, -0.05) is 121 Å². The number of aromatic nitrogens is 1. The lowest BCUT2D eigenvalue weighted by atomic mass is 9.13. The number of nitro benzene ring substituents is 2. The maximum absolute atomic E-state index is 11.0. The Morgan fingerprint density at radius 2 is 0.913 bits per heavy atom. The number of benzene rings is 5. The maximum atomic E-state index is 11.0. The van der Waals surface area contributed by atoms with Crippen LogP contribution in [0.3, 0.4) is 0 Å². The molecule has 46 heavy (non-hydrogen) atoms. The number of para-hydroxylation sites is 1. The van der Waals surface area contributed by atoms with E-state index in [1.54, 1.807) is 29.0 Å². The molecule has 0 spiro atoms. The highest BCUT2D eigenvalue weighted by molar-refractivity contribution is 7.19. The number of aryl methyl sites for hydroxylation is 1. The molecule has 0 N–H and O–H groups in total. The van der Waals surface area contributed by atoms with Gasteiger partial charge in [-0.25, -0.2) is 0 Å². The fourth-order valence-corrected chi connectivity index (χ4v) is 5.95. The second-order valence-corrected chi connectivity index (χ2v) is 10.6. The van der Waals surface area contributed by atoms with Crippen molar-refractivity contribution in [1.82, 2.24) is 0 Å². The smallest absolute Gasteiger partial charge is 0.373 e. The van der Waals surface area contributed by atoms with Crippen molar-refractivity contribution in [3.8, 4) is 11.6 Å². The summed E-state index contributed by atoms with van der Waals surface area (Å²) in [5.74, 6) is -0.0849. The average molecular weight is 609 g/mol. The molecule has 0 amide bonds. The number of rotatable bonds is 9. The van der Waals surface area contributed by atoms with Crippen molar-refractivity contribution in [2.75, 3.05) is 0 Å². The highest BCUT2D eigenvalue weighted by Gasteiger charge is 2.31. The molecule has 228 valence electrons. The third-order valence-corrected chi connectivity index (χ3v) is 8.01. The van der Waals surface area contributed by atoms with Gasteiger partial charge in [-0.3, -0.25) is 20.2 Å². The molecule has 0 saturated heterocycles. The summed E-state index contributed by atoms with van der Waals surface area (Å²) in [6.45, 7) is 2.42. The molecular weight excluding hydrogens is 577 g/mol. The molecule has 1 heterocycles. The summed E-state index contributed by atoms with van der Waals surface area (Å²) in [5.41, 5.74) is 4.46. The molecule has 0 saturated carbocycles. The number of pyridine rings is 1. The van der Waals surface area contributed by atoms with Gasteiger partial charge in [0.1, 0.15) is 12.7 Å². The summed E-state index contributed by atoms with van der Waals surface area (Å²) in [4.78, 5) is 20.7. The van der Waals surface area contributed by atoms with Crippen LogP contribution in [0.2, 0.25) is 0 Å². The van der Waals surface area contributed by atoms with E-state index in [1.165, 1.54) is 40.1 Å². The Labute approximate surface area is 267 Å². The fourth-order valence-electron chi connectivity index (χ4n) is 5.95. The quantitative estimate of drug-likeness (QED) is 0.0911. The Kier molecular flexibility index (Phi) is 9.94. The minimum absolute atomic E-state index is 0.289. The van der Waals surface area contributed by atoms with E-state index in [0.717, 1.165) is 0 Å². The summed E-state index contributed by atoms with van der Waals surface area (Å²) in [5, 5.41) is 22.1. The maximum Gasteiger partial charge on any atom is 0.373 e. The van der Waals surface area contributed by atoms with Gasteiger partial charge in [-0.2, -0.15) is 26.4 Å². The molecule has 0 radical (unpaired) electrons. The summed E-state index contributed by atoms with van der Waals surface area (Å²) in [6.07, 6.45) is 0.503. The van der Waals surface area contributed by atoms with Crippen molar-refractivity contribution in [1.29, 1.82) is 0 Å². The Hall–Kier alpha value is -6.09. The van der Waals surface area contributed by atoms with Crippen LogP contribution in [0.5, 0.6) is 11.6 Å². The first-order chi connectivity index (χ1) is 22.5. The Morgan fingerprint density at radius 1 is 0.543 bits per heavy atom. The Balaban J connectivity index is 0.000000184. The number of nitro groups is 2. The lowest BCUT2D eigenvalue weighted by Gasteiger charge is -2.44. The monoisotopic (exact) mass is 609 g/mol. The van der Waals surface area contributed by atoms with E-state index in [2.05, 4.69) is 121 Å². The number of hydrogen-bond acceptors (Lipinski definition) is 5. The molecule has 0 aliphatic rings. The largest absolute Gasteiger partial charge is 0.390 e. The zero-order chi connectivity index (χ0) is 32.4. The van der Waals surface area contributed by atoms with Crippen LogP contribution in [0.15, 0.2) is 164 Å². The first-order valence-electron chi connectivity index (χ1n) is 14.9. The lowest BCUT2D eigenvalue weighted by Crippen LogP contribution is -2.74. The summed E-state index contributed by atoms with van der Waals surface area (Å²) in [7, 11) is 0. The molecule has 0 fully saturated rings. The van der Waals surface area contributed by atoms with Crippen molar-refractivity contribution in [3.05, 3.63) is 184 Å². The third kappa shape index (κ3) is 6.54. The molecule has 0 bridgehead atoms. The second-order valence-electron chi connectivity index (χ2n) is 10.6. The van der Waals surface area contributed by atoms with Crippen molar-refractivity contribution in [2.24, 2.45) is 0 Å². The zero-order valence-electron chi connectivity index (χ0n) is 25.3. The SMILES string of the molecule is CC[n+]1ccccc1Oc1c([N+](=O)[O-])cccc1[N+](=O)[O-].c1ccc([B-](c2ccccc2)(c2ccccc2)c2ccccc2)cc1. The van der Waals surface area contributed by atoms with Gasteiger partial charge in [0.2, 0.25) is 0 Å². The van der Waals surface area contributed by atoms with E-state index in [-0.39, 0.29) is 11.6 Å². The molecular formula is C37H32BN3O5. The summed E-state index contributed by atoms with van der Waals surface area (Å²) < 4.78 is 7.15. The van der Waals surface area contributed by atoms with E-state index >= 15 is 0 Å². The van der Waals surface area contributed by atoms with Crippen molar-refractivity contribution in [3.63, 3.8) is 0 Å². The Bertz CT molecular complexity index is 1710. The highest BCUT2D eigenvalue weighted by Crippen LogP contribution is 2.38. The molecule has 0 aliphatic heterocycles. The Morgan fingerprint density at radius 3 is 1.26 bits per heavy atom. The lowest BCUT2D eigenvalue weighted by molar-refractivity contribution is -0.697. The topological polar surface area (TPSA) is 99.4 Å². The molecule has 0 atom stereocenters. The molecule has 0 aliphatic carbocycles. The van der Waals surface area contributed by atoms with E-state index in [1.807, 2.05) is 6.92 Å². The van der Waals surface area contributed by atoms with Crippen LogP contribution >= 0.6 is 0 Å². The average Bonchev–Trinajstić information content (AvgIpc) is 3.11. The fraction of sp³-hybridized carbons (Fsp3) is 0.0541. The predicted octanol–water partition coefficient (Wildman–Crippen LogP) is 5.67. The normalized spacial score (nSPS) is 10.7. The molecule has 0 unspecified atom stereocenters. The van der Waals surface area contributed by atoms with Crippen LogP contribution in [-0.2, 0) is 6.54 Å². The van der Waals surface area contributed by atoms with Gasteiger partial charge >= 0.3 is 17.3 Å². The number of ether oxygens (including phenoxy) is 1. The van der Waals surface area contributed by atoms with Crippen molar-refractivity contribution < 1.29 is 19.2 Å². The van der Waals surface area contributed by atoms with Gasteiger partial charge in [-0.05, 0) is 19.1 Å². The molecule has 8 nitrogen and oxygen atoms in total. The van der Waals surface area contributed by atoms with Crippen LogP contribution in [-0.4, -0.2) is 16.0 Å². The van der Waals surface area contributed by atoms with Crippen LogP contribution in [0.1, 0.15) is 6.92 Å². The predicted molar refractivity (Wildman–Crippen MR) is 182 cm³/mol. The molecule has 6 aromatic rings. The molecule has 6 rings (SSSR count). The van der Waals surface area contributed by atoms with Crippen LogP contribution < -0.4 is 31.2 Å². The minimum Gasteiger partial charge on any atom is -0.390 e. The van der Waals surface area contributed by atoms with Crippen molar-refractivity contribution in [2.45, 2.75) is 13.5 Å². The summed E-state index contributed by atoms with van der Waals surface area (Å²) in [6, 6.07) is 52.2.